The fraction of sp³-hybridized carbons (Fsp3) is 0.818. The molecule has 5 nitrogen and oxygen atoms in total. The zero-order chi connectivity index (χ0) is 12.1. The van der Waals surface area contributed by atoms with Crippen molar-refractivity contribution in [2.45, 2.75) is 30.3 Å². The summed E-state index contributed by atoms with van der Waals surface area (Å²) in [7, 11) is 2.03. The Labute approximate surface area is 106 Å². The number of thioether (sulfide) groups is 1. The summed E-state index contributed by atoms with van der Waals surface area (Å²) in [6.45, 7) is 2.37. The van der Waals surface area contributed by atoms with Gasteiger partial charge in [0.05, 0.1) is 0 Å². The van der Waals surface area contributed by atoms with Crippen molar-refractivity contribution in [1.82, 2.24) is 20.1 Å². The van der Waals surface area contributed by atoms with Crippen LogP contribution in [0.3, 0.4) is 0 Å². The lowest BCUT2D eigenvalue weighted by molar-refractivity contribution is 0.296. The molecule has 0 radical (unpaired) electrons. The molecule has 6 heteroatoms. The number of piperidine rings is 1. The van der Waals surface area contributed by atoms with Crippen molar-refractivity contribution in [2.24, 2.45) is 7.05 Å². The number of aliphatic hydroxyl groups excluding tert-OH is 1. The first kappa shape index (κ1) is 12.9. The topological polar surface area (TPSA) is 63.0 Å². The lowest BCUT2D eigenvalue weighted by atomic mass is 9.99. The molecule has 0 saturated carbocycles. The number of aromatic nitrogens is 3. The van der Waals surface area contributed by atoms with E-state index in [9.17, 15) is 0 Å². The lowest BCUT2D eigenvalue weighted by Gasteiger charge is -2.21. The Hall–Kier alpha value is -0.590. The maximum Gasteiger partial charge on any atom is 0.190 e. The third-order valence-electron chi connectivity index (χ3n) is 3.06. The molecule has 1 aliphatic rings. The van der Waals surface area contributed by atoms with Crippen molar-refractivity contribution in [3.8, 4) is 0 Å². The summed E-state index contributed by atoms with van der Waals surface area (Å²) in [5, 5.41) is 21.7. The standard InChI is InChI=1S/C11H20N4OS/c1-15-10(9-4-2-5-12-8-9)13-14-11(15)17-7-3-6-16/h9,12,16H,2-8H2,1H3/t9-/m1/s1. The molecule has 1 fully saturated rings. The Morgan fingerprint density at radius 2 is 2.41 bits per heavy atom. The molecule has 1 atom stereocenters. The Morgan fingerprint density at radius 1 is 1.53 bits per heavy atom. The molecule has 2 heterocycles. The average molecular weight is 256 g/mol. The molecule has 17 heavy (non-hydrogen) atoms. The highest BCUT2D eigenvalue weighted by molar-refractivity contribution is 7.99. The summed E-state index contributed by atoms with van der Waals surface area (Å²) in [5.74, 6) is 2.47. The Balaban J connectivity index is 1.98. The number of rotatable bonds is 5. The molecule has 96 valence electrons. The van der Waals surface area contributed by atoms with Crippen LogP contribution < -0.4 is 5.32 Å². The second-order valence-corrected chi connectivity index (χ2v) is 5.43. The van der Waals surface area contributed by atoms with Gasteiger partial charge in [-0.15, -0.1) is 10.2 Å². The highest BCUT2D eigenvalue weighted by atomic mass is 32.2. The van der Waals surface area contributed by atoms with Crippen LogP contribution in [0.25, 0.3) is 0 Å². The van der Waals surface area contributed by atoms with Gasteiger partial charge in [0.15, 0.2) is 5.16 Å². The third kappa shape index (κ3) is 3.20. The average Bonchev–Trinajstić information content (AvgIpc) is 2.73. The van der Waals surface area contributed by atoms with E-state index in [1.165, 1.54) is 12.8 Å². The van der Waals surface area contributed by atoms with E-state index in [4.69, 9.17) is 5.11 Å². The molecule has 1 aliphatic heterocycles. The molecule has 0 amide bonds. The zero-order valence-electron chi connectivity index (χ0n) is 10.2. The first-order valence-electron chi connectivity index (χ1n) is 6.16. The van der Waals surface area contributed by atoms with Crippen LogP contribution >= 0.6 is 11.8 Å². The van der Waals surface area contributed by atoms with Crippen LogP contribution in [0, 0.1) is 0 Å². The molecule has 1 saturated heterocycles. The molecule has 1 aromatic rings. The minimum absolute atomic E-state index is 0.240. The van der Waals surface area contributed by atoms with E-state index in [1.807, 2.05) is 7.05 Å². The quantitative estimate of drug-likeness (QED) is 0.601. The molecular weight excluding hydrogens is 236 g/mol. The predicted molar refractivity (Wildman–Crippen MR) is 68.3 cm³/mol. The summed E-state index contributed by atoms with van der Waals surface area (Å²) >= 11 is 1.67. The van der Waals surface area contributed by atoms with Crippen LogP contribution in [0.5, 0.6) is 0 Å². The predicted octanol–water partition coefficient (Wildman–Crippen LogP) is 0.757. The third-order valence-corrected chi connectivity index (χ3v) is 4.17. The van der Waals surface area contributed by atoms with Gasteiger partial charge in [0, 0.05) is 31.9 Å². The molecule has 2 N–H and O–H groups in total. The van der Waals surface area contributed by atoms with E-state index in [0.717, 1.165) is 36.2 Å². The SMILES string of the molecule is Cn1c(SCCCO)nnc1[C@@H]1CCCNC1. The summed E-state index contributed by atoms with van der Waals surface area (Å²) < 4.78 is 2.10. The van der Waals surface area contributed by atoms with Gasteiger partial charge in [-0.1, -0.05) is 11.8 Å². The van der Waals surface area contributed by atoms with Gasteiger partial charge in [0.2, 0.25) is 0 Å². The van der Waals surface area contributed by atoms with Crippen molar-refractivity contribution < 1.29 is 5.11 Å². The highest BCUT2D eigenvalue weighted by Crippen LogP contribution is 2.24. The van der Waals surface area contributed by atoms with Crippen LogP contribution in [0.2, 0.25) is 0 Å². The summed E-state index contributed by atoms with van der Waals surface area (Å²) in [6, 6.07) is 0. The smallest absolute Gasteiger partial charge is 0.190 e. The number of nitrogens with zero attached hydrogens (tertiary/aromatic N) is 3. The fourth-order valence-electron chi connectivity index (χ4n) is 2.11. The summed E-state index contributed by atoms with van der Waals surface area (Å²) in [4.78, 5) is 0. The van der Waals surface area contributed by atoms with Crippen LogP contribution in [-0.4, -0.2) is 45.3 Å². The van der Waals surface area contributed by atoms with Crippen molar-refractivity contribution >= 4 is 11.8 Å². The van der Waals surface area contributed by atoms with Crippen LogP contribution in [0.4, 0.5) is 0 Å². The largest absolute Gasteiger partial charge is 0.396 e. The number of hydrogen-bond donors (Lipinski definition) is 2. The van der Waals surface area contributed by atoms with Gasteiger partial charge in [-0.25, -0.2) is 0 Å². The fourth-order valence-corrected chi connectivity index (χ4v) is 2.95. The molecule has 1 aromatic heterocycles. The monoisotopic (exact) mass is 256 g/mol. The van der Waals surface area contributed by atoms with E-state index in [1.54, 1.807) is 11.8 Å². The zero-order valence-corrected chi connectivity index (χ0v) is 11.0. The minimum atomic E-state index is 0.240. The van der Waals surface area contributed by atoms with Gasteiger partial charge in [-0.3, -0.25) is 0 Å². The highest BCUT2D eigenvalue weighted by Gasteiger charge is 2.21. The Kier molecular flexibility index (Phi) is 4.82. The second kappa shape index (κ2) is 6.37. The number of hydrogen-bond acceptors (Lipinski definition) is 5. The van der Waals surface area contributed by atoms with Crippen LogP contribution in [-0.2, 0) is 7.05 Å². The Bertz CT molecular complexity index is 349. The van der Waals surface area contributed by atoms with E-state index >= 15 is 0 Å². The second-order valence-electron chi connectivity index (χ2n) is 4.37. The van der Waals surface area contributed by atoms with Gasteiger partial charge < -0.3 is 15.0 Å². The van der Waals surface area contributed by atoms with E-state index in [-0.39, 0.29) is 6.61 Å². The molecule has 0 bridgehead atoms. The summed E-state index contributed by atoms with van der Waals surface area (Å²) in [5.41, 5.74) is 0. The molecular formula is C11H20N4OS. The molecule has 0 aromatic carbocycles. The minimum Gasteiger partial charge on any atom is -0.396 e. The van der Waals surface area contributed by atoms with Crippen molar-refractivity contribution in [3.63, 3.8) is 0 Å². The van der Waals surface area contributed by atoms with Crippen LogP contribution in [0.1, 0.15) is 31.0 Å². The first-order valence-corrected chi connectivity index (χ1v) is 7.15. The van der Waals surface area contributed by atoms with E-state index < -0.39 is 0 Å². The lowest BCUT2D eigenvalue weighted by Crippen LogP contribution is -2.29. The van der Waals surface area contributed by atoms with Crippen molar-refractivity contribution in [1.29, 1.82) is 0 Å². The molecule has 2 rings (SSSR count). The number of nitrogens with one attached hydrogen (secondary N) is 1. The van der Waals surface area contributed by atoms with E-state index in [2.05, 4.69) is 20.1 Å². The maximum absolute atomic E-state index is 8.76. The first-order chi connectivity index (χ1) is 8.33. The van der Waals surface area contributed by atoms with Gasteiger partial charge >= 0.3 is 0 Å². The van der Waals surface area contributed by atoms with Gasteiger partial charge in [0.25, 0.3) is 0 Å². The van der Waals surface area contributed by atoms with Crippen LogP contribution in [0.15, 0.2) is 5.16 Å². The normalized spacial score (nSPS) is 20.7. The van der Waals surface area contributed by atoms with Gasteiger partial charge in [-0.2, -0.15) is 0 Å². The molecule has 0 unspecified atom stereocenters. The Morgan fingerprint density at radius 3 is 3.12 bits per heavy atom. The molecule has 0 spiro atoms. The van der Waals surface area contributed by atoms with Crippen molar-refractivity contribution in [2.75, 3.05) is 25.4 Å². The maximum atomic E-state index is 8.76. The summed E-state index contributed by atoms with van der Waals surface area (Å²) in [6.07, 6.45) is 3.21. The number of aliphatic hydroxyl groups is 1. The van der Waals surface area contributed by atoms with E-state index in [0.29, 0.717) is 5.92 Å². The van der Waals surface area contributed by atoms with Gasteiger partial charge in [0.1, 0.15) is 5.82 Å². The van der Waals surface area contributed by atoms with Crippen molar-refractivity contribution in [3.05, 3.63) is 5.82 Å². The molecule has 0 aliphatic carbocycles. The van der Waals surface area contributed by atoms with Gasteiger partial charge in [-0.05, 0) is 25.8 Å².